The van der Waals surface area contributed by atoms with Crippen molar-refractivity contribution in [1.29, 1.82) is 0 Å². The lowest BCUT2D eigenvalue weighted by molar-refractivity contribution is 0.0947. The van der Waals surface area contributed by atoms with Crippen LogP contribution in [0.25, 0.3) is 0 Å². The predicted molar refractivity (Wildman–Crippen MR) is 63.2 cm³/mol. The van der Waals surface area contributed by atoms with Crippen LogP contribution in [0, 0.1) is 6.92 Å². The first kappa shape index (κ1) is 10.7. The van der Waals surface area contributed by atoms with Gasteiger partial charge >= 0.3 is 0 Å². The highest BCUT2D eigenvalue weighted by atomic mass is 32.1. The Morgan fingerprint density at radius 2 is 2.50 bits per heavy atom. The molecule has 0 saturated heterocycles. The van der Waals surface area contributed by atoms with E-state index in [1.165, 1.54) is 0 Å². The predicted octanol–water partition coefficient (Wildman–Crippen LogP) is 1.29. The number of nitrogens with two attached hydrogens (primary N) is 1. The number of amides is 1. The van der Waals surface area contributed by atoms with E-state index in [1.54, 1.807) is 18.3 Å². The van der Waals surface area contributed by atoms with Gasteiger partial charge in [-0.05, 0) is 18.4 Å². The molecule has 0 aromatic carbocycles. The Labute approximate surface area is 96.7 Å². The maximum atomic E-state index is 11.7. The van der Waals surface area contributed by atoms with Gasteiger partial charge in [-0.3, -0.25) is 9.89 Å². The fraction of sp³-hybridized carbons (Fsp3) is 0.200. The second-order valence-corrected chi connectivity index (χ2v) is 4.41. The minimum atomic E-state index is -0.254. The van der Waals surface area contributed by atoms with Crippen LogP contribution in [0.2, 0.25) is 0 Å². The van der Waals surface area contributed by atoms with Gasteiger partial charge in [-0.2, -0.15) is 5.10 Å². The zero-order chi connectivity index (χ0) is 11.5. The number of carbonyl (C=O) groups excluding carboxylic acids is 1. The monoisotopic (exact) mass is 236 g/mol. The number of thiophene rings is 1. The molecule has 6 heteroatoms. The summed E-state index contributed by atoms with van der Waals surface area (Å²) >= 11 is 1.60. The van der Waals surface area contributed by atoms with E-state index >= 15 is 0 Å². The Kier molecular flexibility index (Phi) is 2.91. The molecule has 0 unspecified atom stereocenters. The molecule has 5 nitrogen and oxygen atoms in total. The van der Waals surface area contributed by atoms with Gasteiger partial charge in [0.1, 0.15) is 0 Å². The van der Waals surface area contributed by atoms with Gasteiger partial charge in [-0.25, -0.2) is 0 Å². The molecular formula is C10H12N4OS. The summed E-state index contributed by atoms with van der Waals surface area (Å²) in [5.74, 6) is -0.254. The molecule has 84 valence electrons. The SMILES string of the molecule is Cc1[nH]nc(C(=O)NCc2cccs2)c1N. The lowest BCUT2D eigenvalue weighted by Crippen LogP contribution is -2.23. The lowest BCUT2D eigenvalue weighted by atomic mass is 10.3. The van der Waals surface area contributed by atoms with Gasteiger partial charge in [-0.1, -0.05) is 6.07 Å². The molecule has 16 heavy (non-hydrogen) atoms. The van der Waals surface area contributed by atoms with Gasteiger partial charge in [0.15, 0.2) is 5.69 Å². The zero-order valence-corrected chi connectivity index (χ0v) is 9.60. The number of aromatic nitrogens is 2. The van der Waals surface area contributed by atoms with Gasteiger partial charge in [0.05, 0.1) is 17.9 Å². The highest BCUT2D eigenvalue weighted by Crippen LogP contribution is 2.13. The molecular weight excluding hydrogens is 224 g/mol. The summed E-state index contributed by atoms with van der Waals surface area (Å²) in [5.41, 5.74) is 7.07. The lowest BCUT2D eigenvalue weighted by Gasteiger charge is -2.01. The van der Waals surface area contributed by atoms with Crippen LogP contribution in [0.3, 0.4) is 0 Å². The van der Waals surface area contributed by atoms with E-state index in [0.29, 0.717) is 17.9 Å². The number of aromatic amines is 1. The number of hydrogen-bond donors (Lipinski definition) is 3. The Balaban J connectivity index is 2.01. The van der Waals surface area contributed by atoms with Crippen LogP contribution < -0.4 is 11.1 Å². The van der Waals surface area contributed by atoms with E-state index in [2.05, 4.69) is 15.5 Å². The third-order valence-corrected chi connectivity index (χ3v) is 3.09. The van der Waals surface area contributed by atoms with Crippen molar-refractivity contribution in [3.05, 3.63) is 33.8 Å². The van der Waals surface area contributed by atoms with E-state index in [9.17, 15) is 4.79 Å². The summed E-state index contributed by atoms with van der Waals surface area (Å²) in [6.45, 7) is 2.28. The number of carbonyl (C=O) groups is 1. The van der Waals surface area contributed by atoms with Crippen molar-refractivity contribution < 1.29 is 4.79 Å². The van der Waals surface area contributed by atoms with Crippen LogP contribution in [-0.2, 0) is 6.54 Å². The van der Waals surface area contributed by atoms with Crippen molar-refractivity contribution >= 4 is 22.9 Å². The summed E-state index contributed by atoms with van der Waals surface area (Å²) in [6, 6.07) is 3.91. The average Bonchev–Trinajstić information content (AvgIpc) is 2.88. The van der Waals surface area contributed by atoms with Gasteiger partial charge in [0.2, 0.25) is 0 Å². The third kappa shape index (κ3) is 2.06. The van der Waals surface area contributed by atoms with Crippen LogP contribution in [0.5, 0.6) is 0 Å². The molecule has 2 rings (SSSR count). The normalized spacial score (nSPS) is 10.3. The fourth-order valence-electron chi connectivity index (χ4n) is 1.28. The van der Waals surface area contributed by atoms with E-state index in [-0.39, 0.29) is 11.6 Å². The molecule has 0 saturated carbocycles. The summed E-state index contributed by atoms with van der Waals surface area (Å²) in [5, 5.41) is 11.3. The van der Waals surface area contributed by atoms with E-state index in [1.807, 2.05) is 17.5 Å². The van der Waals surface area contributed by atoms with Crippen molar-refractivity contribution in [2.75, 3.05) is 5.73 Å². The number of nitrogen functional groups attached to an aromatic ring is 1. The number of nitrogens with zero attached hydrogens (tertiary/aromatic N) is 1. The second kappa shape index (κ2) is 4.36. The van der Waals surface area contributed by atoms with Gasteiger partial charge in [0.25, 0.3) is 5.91 Å². The number of H-pyrrole nitrogens is 1. The highest BCUT2D eigenvalue weighted by Gasteiger charge is 2.14. The van der Waals surface area contributed by atoms with Crippen molar-refractivity contribution in [3.8, 4) is 0 Å². The Bertz CT molecular complexity index is 489. The van der Waals surface area contributed by atoms with Crippen LogP contribution in [0.4, 0.5) is 5.69 Å². The topological polar surface area (TPSA) is 83.8 Å². The van der Waals surface area contributed by atoms with E-state index < -0.39 is 0 Å². The number of aryl methyl sites for hydroxylation is 1. The minimum Gasteiger partial charge on any atom is -0.395 e. The molecule has 2 aromatic rings. The van der Waals surface area contributed by atoms with Gasteiger partial charge < -0.3 is 11.1 Å². The standard InChI is InChI=1S/C10H12N4OS/c1-6-8(11)9(14-13-6)10(15)12-5-7-3-2-4-16-7/h2-4H,5,11H2,1H3,(H,12,15)(H,13,14). The minimum absolute atomic E-state index is 0.254. The molecule has 0 aliphatic carbocycles. The van der Waals surface area contributed by atoms with Crippen molar-refractivity contribution in [3.63, 3.8) is 0 Å². The summed E-state index contributed by atoms with van der Waals surface area (Å²) in [4.78, 5) is 12.8. The summed E-state index contributed by atoms with van der Waals surface area (Å²) < 4.78 is 0. The van der Waals surface area contributed by atoms with Crippen LogP contribution in [0.15, 0.2) is 17.5 Å². The van der Waals surface area contributed by atoms with Crippen molar-refractivity contribution in [2.24, 2.45) is 0 Å². The molecule has 2 aromatic heterocycles. The number of anilines is 1. The Morgan fingerprint density at radius 3 is 3.06 bits per heavy atom. The maximum absolute atomic E-state index is 11.7. The smallest absolute Gasteiger partial charge is 0.274 e. The van der Waals surface area contributed by atoms with E-state index in [4.69, 9.17) is 5.73 Å². The first-order chi connectivity index (χ1) is 7.68. The molecule has 0 atom stereocenters. The second-order valence-electron chi connectivity index (χ2n) is 3.37. The highest BCUT2D eigenvalue weighted by molar-refractivity contribution is 7.09. The van der Waals surface area contributed by atoms with Crippen molar-refractivity contribution in [1.82, 2.24) is 15.5 Å². The van der Waals surface area contributed by atoms with Gasteiger partial charge in [-0.15, -0.1) is 11.3 Å². The van der Waals surface area contributed by atoms with Gasteiger partial charge in [0, 0.05) is 4.88 Å². The number of rotatable bonds is 3. The quantitative estimate of drug-likeness (QED) is 0.750. The molecule has 0 aliphatic rings. The molecule has 0 aliphatic heterocycles. The van der Waals surface area contributed by atoms with Crippen molar-refractivity contribution in [2.45, 2.75) is 13.5 Å². The number of hydrogen-bond acceptors (Lipinski definition) is 4. The summed E-state index contributed by atoms with van der Waals surface area (Å²) in [6.07, 6.45) is 0. The molecule has 0 bridgehead atoms. The van der Waals surface area contributed by atoms with Crippen LogP contribution >= 0.6 is 11.3 Å². The first-order valence-corrected chi connectivity index (χ1v) is 5.67. The Hall–Kier alpha value is -1.82. The maximum Gasteiger partial charge on any atom is 0.274 e. The third-order valence-electron chi connectivity index (χ3n) is 2.21. The van der Waals surface area contributed by atoms with Crippen LogP contribution in [-0.4, -0.2) is 16.1 Å². The molecule has 0 fully saturated rings. The molecule has 4 N–H and O–H groups in total. The summed E-state index contributed by atoms with van der Waals surface area (Å²) in [7, 11) is 0. The zero-order valence-electron chi connectivity index (χ0n) is 8.78. The van der Waals surface area contributed by atoms with Crippen LogP contribution in [0.1, 0.15) is 21.1 Å². The molecule has 0 radical (unpaired) electrons. The Morgan fingerprint density at radius 1 is 1.69 bits per heavy atom. The number of nitrogens with one attached hydrogen (secondary N) is 2. The molecule has 2 heterocycles. The molecule has 1 amide bonds. The average molecular weight is 236 g/mol. The molecule has 0 spiro atoms. The fourth-order valence-corrected chi connectivity index (χ4v) is 1.92. The largest absolute Gasteiger partial charge is 0.395 e. The first-order valence-electron chi connectivity index (χ1n) is 4.79. The van der Waals surface area contributed by atoms with E-state index in [0.717, 1.165) is 4.88 Å².